The number of rotatable bonds is 1. The first-order valence-electron chi connectivity index (χ1n) is 8.36. The van der Waals surface area contributed by atoms with E-state index in [1.165, 1.54) is 27.6 Å². The molecule has 0 saturated carbocycles. The van der Waals surface area contributed by atoms with Gasteiger partial charge in [0.2, 0.25) is 0 Å². The Morgan fingerprint density at radius 3 is 2.54 bits per heavy atom. The van der Waals surface area contributed by atoms with Gasteiger partial charge in [0.05, 0.1) is 12.7 Å². The van der Waals surface area contributed by atoms with Gasteiger partial charge in [0.1, 0.15) is 18.1 Å². The maximum Gasteiger partial charge on any atom is 0.138 e. The number of ether oxygens (including phenoxy) is 2. The van der Waals surface area contributed by atoms with Crippen LogP contribution in [0.2, 0.25) is 0 Å². The van der Waals surface area contributed by atoms with Gasteiger partial charge in [-0.2, -0.15) is 0 Å². The number of methoxy groups -OCH3 is 1. The molecule has 1 atom stereocenters. The fraction of sp³-hybridized carbons (Fsp3) is 0.182. The van der Waals surface area contributed by atoms with E-state index >= 15 is 0 Å². The molecule has 1 heterocycles. The molecule has 3 aromatic rings. The van der Waals surface area contributed by atoms with E-state index in [1.54, 1.807) is 7.11 Å². The van der Waals surface area contributed by atoms with Gasteiger partial charge in [0.15, 0.2) is 0 Å². The van der Waals surface area contributed by atoms with Crippen molar-refractivity contribution in [3.05, 3.63) is 71.3 Å². The summed E-state index contributed by atoms with van der Waals surface area (Å²) in [6.07, 6.45) is 2.03. The lowest BCUT2D eigenvalue weighted by Gasteiger charge is -2.25. The normalized spacial score (nSPS) is 17.6. The van der Waals surface area contributed by atoms with Gasteiger partial charge in [-0.15, -0.1) is 0 Å². The molecular formula is C22H18O2. The Morgan fingerprint density at radius 2 is 1.71 bits per heavy atom. The standard InChI is InChI=1S/C22H18O2/c1-13-14-7-3-4-8-15(14)20-16-9-5-6-10-17(16)22-21(19(13)20)18(23-2)11-12-24-22/h3-11,13H,12H2,1-2H3. The first-order valence-corrected chi connectivity index (χ1v) is 8.36. The van der Waals surface area contributed by atoms with Crippen LogP contribution in [0.15, 0.2) is 54.6 Å². The molecule has 0 spiro atoms. The van der Waals surface area contributed by atoms with E-state index in [2.05, 4.69) is 55.5 Å². The van der Waals surface area contributed by atoms with Gasteiger partial charge < -0.3 is 9.47 Å². The quantitative estimate of drug-likeness (QED) is 0.602. The van der Waals surface area contributed by atoms with Crippen LogP contribution in [0.5, 0.6) is 5.75 Å². The molecule has 2 nitrogen and oxygen atoms in total. The largest absolute Gasteiger partial charge is 0.496 e. The molecule has 0 amide bonds. The second-order valence-electron chi connectivity index (χ2n) is 6.43. The first-order chi connectivity index (χ1) is 11.8. The summed E-state index contributed by atoms with van der Waals surface area (Å²) < 4.78 is 11.8. The van der Waals surface area contributed by atoms with Crippen molar-refractivity contribution < 1.29 is 9.47 Å². The van der Waals surface area contributed by atoms with Crippen molar-refractivity contribution in [1.82, 2.24) is 0 Å². The Kier molecular flexibility index (Phi) is 2.78. The van der Waals surface area contributed by atoms with E-state index in [0.717, 1.165) is 22.5 Å². The summed E-state index contributed by atoms with van der Waals surface area (Å²) in [6.45, 7) is 2.84. The molecule has 1 aliphatic carbocycles. The second-order valence-corrected chi connectivity index (χ2v) is 6.43. The maximum atomic E-state index is 6.08. The minimum absolute atomic E-state index is 0.329. The maximum absolute atomic E-state index is 6.08. The summed E-state index contributed by atoms with van der Waals surface area (Å²) in [5, 5.41) is 2.43. The van der Waals surface area contributed by atoms with E-state index in [9.17, 15) is 0 Å². The van der Waals surface area contributed by atoms with E-state index in [4.69, 9.17) is 9.47 Å². The van der Waals surface area contributed by atoms with Crippen LogP contribution < -0.4 is 4.74 Å². The third-order valence-electron chi connectivity index (χ3n) is 5.30. The second kappa shape index (κ2) is 4.88. The molecule has 5 rings (SSSR count). The average Bonchev–Trinajstić information content (AvgIpc) is 2.95. The summed E-state index contributed by atoms with van der Waals surface area (Å²) in [5.41, 5.74) is 6.51. The van der Waals surface area contributed by atoms with Gasteiger partial charge in [-0.25, -0.2) is 0 Å². The highest BCUT2D eigenvalue weighted by Gasteiger charge is 2.34. The molecule has 2 heteroatoms. The van der Waals surface area contributed by atoms with Crippen LogP contribution in [0.25, 0.3) is 27.7 Å². The molecule has 0 fully saturated rings. The van der Waals surface area contributed by atoms with Crippen molar-refractivity contribution in [2.45, 2.75) is 12.8 Å². The number of hydrogen-bond acceptors (Lipinski definition) is 2. The van der Waals surface area contributed by atoms with Crippen LogP contribution in [-0.2, 0) is 4.74 Å². The molecule has 0 aromatic heterocycles. The molecular weight excluding hydrogens is 296 g/mol. The minimum Gasteiger partial charge on any atom is -0.496 e. The third kappa shape index (κ3) is 1.60. The fourth-order valence-electron chi connectivity index (χ4n) is 4.29. The van der Waals surface area contributed by atoms with Crippen LogP contribution in [0.4, 0.5) is 0 Å². The lowest BCUT2D eigenvalue weighted by Crippen LogP contribution is -2.10. The summed E-state index contributed by atoms with van der Waals surface area (Å²) in [4.78, 5) is 0. The van der Waals surface area contributed by atoms with Crippen molar-refractivity contribution in [3.8, 4) is 16.9 Å². The highest BCUT2D eigenvalue weighted by Crippen LogP contribution is 2.54. The Bertz CT molecular complexity index is 1010. The molecule has 24 heavy (non-hydrogen) atoms. The Hall–Kier alpha value is -2.74. The van der Waals surface area contributed by atoms with Crippen LogP contribution in [0.1, 0.15) is 29.5 Å². The van der Waals surface area contributed by atoms with Crippen LogP contribution >= 0.6 is 0 Å². The Labute approximate surface area is 141 Å². The molecule has 0 saturated heterocycles. The molecule has 0 N–H and O–H groups in total. The topological polar surface area (TPSA) is 18.5 Å². The number of fused-ring (bicyclic) bond motifs is 8. The SMILES string of the molecule is COC1=CCOc2c1c1c(c3ccccc23)-c2ccccc2C1C. The lowest BCUT2D eigenvalue weighted by molar-refractivity contribution is 0.323. The number of benzene rings is 3. The predicted molar refractivity (Wildman–Crippen MR) is 97.4 cm³/mol. The van der Waals surface area contributed by atoms with E-state index in [0.29, 0.717) is 12.5 Å². The lowest BCUT2D eigenvalue weighted by atomic mass is 9.88. The first kappa shape index (κ1) is 13.7. The van der Waals surface area contributed by atoms with E-state index < -0.39 is 0 Å². The van der Waals surface area contributed by atoms with Gasteiger partial charge in [0, 0.05) is 11.3 Å². The molecule has 0 bridgehead atoms. The Morgan fingerprint density at radius 1 is 0.958 bits per heavy atom. The van der Waals surface area contributed by atoms with Crippen molar-refractivity contribution in [1.29, 1.82) is 0 Å². The minimum atomic E-state index is 0.329. The van der Waals surface area contributed by atoms with Crippen molar-refractivity contribution in [2.24, 2.45) is 0 Å². The summed E-state index contributed by atoms with van der Waals surface area (Å²) >= 11 is 0. The molecule has 1 aliphatic heterocycles. The summed E-state index contributed by atoms with van der Waals surface area (Å²) in [5.74, 6) is 2.22. The van der Waals surface area contributed by atoms with Crippen molar-refractivity contribution in [3.63, 3.8) is 0 Å². The molecule has 0 radical (unpaired) electrons. The van der Waals surface area contributed by atoms with Gasteiger partial charge >= 0.3 is 0 Å². The zero-order chi connectivity index (χ0) is 16.3. The zero-order valence-corrected chi connectivity index (χ0v) is 13.8. The zero-order valence-electron chi connectivity index (χ0n) is 13.8. The van der Waals surface area contributed by atoms with E-state index in [1.807, 2.05) is 6.08 Å². The average molecular weight is 314 g/mol. The molecule has 118 valence electrons. The molecule has 1 unspecified atom stereocenters. The van der Waals surface area contributed by atoms with E-state index in [-0.39, 0.29) is 0 Å². The van der Waals surface area contributed by atoms with Crippen LogP contribution in [0, 0.1) is 0 Å². The van der Waals surface area contributed by atoms with Gasteiger partial charge in [0.25, 0.3) is 0 Å². The number of hydrogen-bond donors (Lipinski definition) is 0. The van der Waals surface area contributed by atoms with Crippen molar-refractivity contribution >= 4 is 16.5 Å². The molecule has 2 aliphatic rings. The van der Waals surface area contributed by atoms with Gasteiger partial charge in [-0.3, -0.25) is 0 Å². The summed E-state index contributed by atoms with van der Waals surface area (Å²) in [7, 11) is 1.75. The smallest absolute Gasteiger partial charge is 0.138 e. The van der Waals surface area contributed by atoms with Crippen LogP contribution in [0.3, 0.4) is 0 Å². The fourth-order valence-corrected chi connectivity index (χ4v) is 4.29. The van der Waals surface area contributed by atoms with Gasteiger partial charge in [-0.05, 0) is 33.7 Å². The van der Waals surface area contributed by atoms with Crippen LogP contribution in [-0.4, -0.2) is 13.7 Å². The van der Waals surface area contributed by atoms with Gasteiger partial charge in [-0.1, -0.05) is 55.5 Å². The molecule has 3 aromatic carbocycles. The highest BCUT2D eigenvalue weighted by molar-refractivity contribution is 6.08. The predicted octanol–water partition coefficient (Wildman–Crippen LogP) is 5.35. The summed E-state index contributed by atoms with van der Waals surface area (Å²) in [6, 6.07) is 17.3. The Balaban J connectivity index is 2.01. The monoisotopic (exact) mass is 314 g/mol. The van der Waals surface area contributed by atoms with Crippen molar-refractivity contribution in [2.75, 3.05) is 13.7 Å². The highest BCUT2D eigenvalue weighted by atomic mass is 16.5. The third-order valence-corrected chi connectivity index (χ3v) is 5.30.